The third-order valence-electron chi connectivity index (χ3n) is 5.55. The number of hydrogen-bond acceptors (Lipinski definition) is 5. The molecular weight excluding hydrogens is 354 g/mol. The highest BCUT2D eigenvalue weighted by molar-refractivity contribution is 5.91. The van der Waals surface area contributed by atoms with Crippen LogP contribution < -0.4 is 0 Å². The SMILES string of the molecule is COCCN1CCC(CN(C)C(=O)c2cn(Cc3ccccc3C)nn2)CC1. The predicted octanol–water partition coefficient (Wildman–Crippen LogP) is 2.07. The van der Waals surface area contributed by atoms with Crippen LogP contribution in [0.15, 0.2) is 30.5 Å². The summed E-state index contributed by atoms with van der Waals surface area (Å²) in [6.45, 7) is 7.37. The zero-order valence-corrected chi connectivity index (χ0v) is 17.2. The second-order valence-corrected chi connectivity index (χ2v) is 7.69. The van der Waals surface area contributed by atoms with Gasteiger partial charge in [0, 0.05) is 27.2 Å². The first-order valence-corrected chi connectivity index (χ1v) is 9.98. The van der Waals surface area contributed by atoms with Gasteiger partial charge in [0.2, 0.25) is 0 Å². The third kappa shape index (κ3) is 5.39. The lowest BCUT2D eigenvalue weighted by atomic mass is 9.96. The second-order valence-electron chi connectivity index (χ2n) is 7.69. The van der Waals surface area contributed by atoms with Crippen molar-refractivity contribution in [1.82, 2.24) is 24.8 Å². The van der Waals surface area contributed by atoms with Crippen LogP contribution in [0.1, 0.15) is 34.5 Å². The van der Waals surface area contributed by atoms with Crippen LogP contribution >= 0.6 is 0 Å². The molecule has 7 heteroatoms. The molecule has 3 rings (SSSR count). The first kappa shape index (κ1) is 20.5. The summed E-state index contributed by atoms with van der Waals surface area (Å²) in [5.41, 5.74) is 2.80. The molecule has 0 N–H and O–H groups in total. The van der Waals surface area contributed by atoms with Crippen LogP contribution in [0, 0.1) is 12.8 Å². The van der Waals surface area contributed by atoms with Gasteiger partial charge in [0.1, 0.15) is 0 Å². The smallest absolute Gasteiger partial charge is 0.275 e. The lowest BCUT2D eigenvalue weighted by Crippen LogP contribution is -2.40. The molecule has 2 heterocycles. The summed E-state index contributed by atoms with van der Waals surface area (Å²) in [7, 11) is 3.60. The maximum atomic E-state index is 12.7. The average molecular weight is 386 g/mol. The highest BCUT2D eigenvalue weighted by Gasteiger charge is 2.23. The van der Waals surface area contributed by atoms with E-state index >= 15 is 0 Å². The van der Waals surface area contributed by atoms with Crippen molar-refractivity contribution in [1.29, 1.82) is 0 Å². The Kier molecular flexibility index (Phi) is 7.17. The van der Waals surface area contributed by atoms with E-state index in [-0.39, 0.29) is 5.91 Å². The summed E-state index contributed by atoms with van der Waals surface area (Å²) in [6, 6.07) is 8.18. The van der Waals surface area contributed by atoms with E-state index in [9.17, 15) is 4.79 Å². The minimum Gasteiger partial charge on any atom is -0.383 e. The summed E-state index contributed by atoms with van der Waals surface area (Å²) in [6.07, 6.45) is 3.97. The van der Waals surface area contributed by atoms with Gasteiger partial charge in [-0.25, -0.2) is 4.68 Å². The number of methoxy groups -OCH3 is 1. The molecule has 0 spiro atoms. The van der Waals surface area contributed by atoms with E-state index in [0.29, 0.717) is 18.2 Å². The molecule has 0 saturated carbocycles. The molecule has 0 unspecified atom stereocenters. The van der Waals surface area contributed by atoms with E-state index in [2.05, 4.69) is 34.3 Å². The van der Waals surface area contributed by atoms with E-state index in [0.717, 1.165) is 45.6 Å². The summed E-state index contributed by atoms with van der Waals surface area (Å²) in [5.74, 6) is 0.479. The first-order chi connectivity index (χ1) is 13.6. The fourth-order valence-corrected chi connectivity index (χ4v) is 3.71. The van der Waals surface area contributed by atoms with Crippen LogP contribution in [-0.2, 0) is 11.3 Å². The van der Waals surface area contributed by atoms with Crippen LogP contribution in [0.5, 0.6) is 0 Å². The largest absolute Gasteiger partial charge is 0.383 e. The van der Waals surface area contributed by atoms with Crippen molar-refractivity contribution < 1.29 is 9.53 Å². The molecule has 1 fully saturated rings. The van der Waals surface area contributed by atoms with Gasteiger partial charge < -0.3 is 14.5 Å². The number of likely N-dealkylation sites (tertiary alicyclic amines) is 1. The van der Waals surface area contributed by atoms with Crippen LogP contribution in [-0.4, -0.2) is 77.6 Å². The van der Waals surface area contributed by atoms with Gasteiger partial charge in [0.25, 0.3) is 5.91 Å². The molecule has 0 radical (unpaired) electrons. The maximum Gasteiger partial charge on any atom is 0.275 e. The van der Waals surface area contributed by atoms with E-state index in [4.69, 9.17) is 4.74 Å². The molecule has 152 valence electrons. The highest BCUT2D eigenvalue weighted by atomic mass is 16.5. The molecule has 0 aliphatic carbocycles. The van der Waals surface area contributed by atoms with Gasteiger partial charge in [0.05, 0.1) is 19.3 Å². The highest BCUT2D eigenvalue weighted by Crippen LogP contribution is 2.18. The van der Waals surface area contributed by atoms with E-state index in [1.54, 1.807) is 22.9 Å². The number of aromatic nitrogens is 3. The Morgan fingerprint density at radius 2 is 2.04 bits per heavy atom. The molecule has 1 aromatic carbocycles. The number of nitrogens with zero attached hydrogens (tertiary/aromatic N) is 5. The van der Waals surface area contributed by atoms with Gasteiger partial charge in [-0.05, 0) is 49.9 Å². The minimum atomic E-state index is -0.0575. The fourth-order valence-electron chi connectivity index (χ4n) is 3.71. The number of aryl methyl sites for hydroxylation is 1. The first-order valence-electron chi connectivity index (χ1n) is 9.98. The zero-order chi connectivity index (χ0) is 19.9. The van der Waals surface area contributed by atoms with E-state index in [1.165, 1.54) is 11.1 Å². The molecular formula is C21H31N5O2. The van der Waals surface area contributed by atoms with Crippen molar-refractivity contribution in [3.8, 4) is 0 Å². The summed E-state index contributed by atoms with van der Waals surface area (Å²) in [4.78, 5) is 17.0. The van der Waals surface area contributed by atoms with Crippen LogP contribution in [0.2, 0.25) is 0 Å². The Morgan fingerprint density at radius 1 is 1.29 bits per heavy atom. The predicted molar refractivity (Wildman–Crippen MR) is 108 cm³/mol. The Balaban J connectivity index is 1.50. The molecule has 28 heavy (non-hydrogen) atoms. The molecule has 1 saturated heterocycles. The van der Waals surface area contributed by atoms with Crippen molar-refractivity contribution in [2.75, 3.05) is 46.9 Å². The van der Waals surface area contributed by atoms with Crippen LogP contribution in [0.25, 0.3) is 0 Å². The second kappa shape index (κ2) is 9.80. The minimum absolute atomic E-state index is 0.0575. The summed E-state index contributed by atoms with van der Waals surface area (Å²) < 4.78 is 6.89. The quantitative estimate of drug-likeness (QED) is 0.696. The summed E-state index contributed by atoms with van der Waals surface area (Å²) in [5, 5.41) is 8.24. The van der Waals surface area contributed by atoms with Gasteiger partial charge in [0.15, 0.2) is 5.69 Å². The monoisotopic (exact) mass is 385 g/mol. The van der Waals surface area contributed by atoms with Gasteiger partial charge in [-0.1, -0.05) is 29.5 Å². The van der Waals surface area contributed by atoms with Crippen molar-refractivity contribution in [3.63, 3.8) is 0 Å². The lowest BCUT2D eigenvalue weighted by Gasteiger charge is -2.33. The number of rotatable bonds is 8. The Hall–Kier alpha value is -2.25. The Bertz CT molecular complexity index is 768. The normalized spacial score (nSPS) is 15.7. The topological polar surface area (TPSA) is 63.5 Å². The molecule has 1 aliphatic rings. The van der Waals surface area contributed by atoms with Crippen molar-refractivity contribution in [2.45, 2.75) is 26.3 Å². The standard InChI is InChI=1S/C21H31N5O2/c1-17-6-4-5-7-19(17)15-26-16-20(22-23-26)21(27)24(2)14-18-8-10-25(11-9-18)12-13-28-3/h4-7,16,18H,8-15H2,1-3H3. The molecule has 1 aliphatic heterocycles. The Labute approximate surface area is 167 Å². The van der Waals surface area contributed by atoms with E-state index in [1.807, 2.05) is 19.2 Å². The average Bonchev–Trinajstić information content (AvgIpc) is 3.17. The number of hydrogen-bond donors (Lipinski definition) is 0. The lowest BCUT2D eigenvalue weighted by molar-refractivity contribution is 0.0718. The fraction of sp³-hybridized carbons (Fsp3) is 0.571. The Morgan fingerprint density at radius 3 is 2.75 bits per heavy atom. The van der Waals surface area contributed by atoms with E-state index < -0.39 is 0 Å². The number of ether oxygens (including phenoxy) is 1. The maximum absolute atomic E-state index is 12.7. The van der Waals surface area contributed by atoms with Gasteiger partial charge in [-0.15, -0.1) is 5.10 Å². The molecule has 1 amide bonds. The van der Waals surface area contributed by atoms with Crippen LogP contribution in [0.4, 0.5) is 0 Å². The number of carbonyl (C=O) groups excluding carboxylic acids is 1. The van der Waals surface area contributed by atoms with Gasteiger partial charge in [-0.2, -0.15) is 0 Å². The van der Waals surface area contributed by atoms with Crippen LogP contribution in [0.3, 0.4) is 0 Å². The van der Waals surface area contributed by atoms with Gasteiger partial charge >= 0.3 is 0 Å². The summed E-state index contributed by atoms with van der Waals surface area (Å²) >= 11 is 0. The molecule has 0 atom stereocenters. The van der Waals surface area contributed by atoms with Crippen molar-refractivity contribution in [2.24, 2.45) is 5.92 Å². The molecule has 2 aromatic rings. The number of benzene rings is 1. The number of carbonyl (C=O) groups is 1. The van der Waals surface area contributed by atoms with Gasteiger partial charge in [-0.3, -0.25) is 4.79 Å². The zero-order valence-electron chi connectivity index (χ0n) is 17.2. The number of piperidine rings is 1. The van der Waals surface area contributed by atoms with Crippen molar-refractivity contribution in [3.05, 3.63) is 47.3 Å². The van der Waals surface area contributed by atoms with Crippen molar-refractivity contribution >= 4 is 5.91 Å². The third-order valence-corrected chi connectivity index (χ3v) is 5.55. The molecule has 0 bridgehead atoms. The molecule has 1 aromatic heterocycles. The number of amides is 1. The molecule has 7 nitrogen and oxygen atoms in total.